The summed E-state index contributed by atoms with van der Waals surface area (Å²) in [7, 11) is 0. The van der Waals surface area contributed by atoms with Crippen LogP contribution in [-0.2, 0) is 13.0 Å². The molecule has 0 saturated carbocycles. The van der Waals surface area contributed by atoms with Crippen LogP contribution in [0.5, 0.6) is 11.5 Å². The van der Waals surface area contributed by atoms with Crippen molar-refractivity contribution in [2.24, 2.45) is 0 Å². The highest BCUT2D eigenvalue weighted by molar-refractivity contribution is 5.94. The molecule has 0 saturated heterocycles. The third-order valence-electron chi connectivity index (χ3n) is 4.38. The topological polar surface area (TPSA) is 70.6 Å². The molecular formula is C21H26N2O3. The predicted molar refractivity (Wildman–Crippen MR) is 102 cm³/mol. The zero-order chi connectivity index (χ0) is 18.6. The summed E-state index contributed by atoms with van der Waals surface area (Å²) in [6.07, 6.45) is 1.78. The molecule has 0 radical (unpaired) electrons. The Labute approximate surface area is 154 Å². The van der Waals surface area contributed by atoms with Gasteiger partial charge in [0.25, 0.3) is 5.91 Å². The van der Waals surface area contributed by atoms with Crippen LogP contribution in [0.15, 0.2) is 42.5 Å². The Morgan fingerprint density at radius 2 is 2.04 bits per heavy atom. The van der Waals surface area contributed by atoms with Crippen LogP contribution in [-0.4, -0.2) is 29.7 Å². The predicted octanol–water partition coefficient (Wildman–Crippen LogP) is 3.02. The number of fused-ring (bicyclic) bond motifs is 1. The molecule has 138 valence electrons. The van der Waals surface area contributed by atoms with Gasteiger partial charge in [0.05, 0.1) is 0 Å². The van der Waals surface area contributed by atoms with E-state index in [9.17, 15) is 9.90 Å². The van der Waals surface area contributed by atoms with Crippen LogP contribution in [0.25, 0.3) is 0 Å². The van der Waals surface area contributed by atoms with Crippen molar-refractivity contribution in [3.05, 3.63) is 59.2 Å². The van der Waals surface area contributed by atoms with Crippen LogP contribution in [0.3, 0.4) is 0 Å². The van der Waals surface area contributed by atoms with Gasteiger partial charge in [-0.3, -0.25) is 4.79 Å². The molecule has 0 aromatic heterocycles. The summed E-state index contributed by atoms with van der Waals surface area (Å²) in [5.74, 6) is 0.929. The van der Waals surface area contributed by atoms with E-state index < -0.39 is 0 Å². The first kappa shape index (κ1) is 18.3. The Bertz CT molecular complexity index is 787. The van der Waals surface area contributed by atoms with Gasteiger partial charge in [-0.15, -0.1) is 0 Å². The van der Waals surface area contributed by atoms with E-state index in [4.69, 9.17) is 4.74 Å². The van der Waals surface area contributed by atoms with Gasteiger partial charge < -0.3 is 20.5 Å². The molecule has 1 heterocycles. The molecule has 5 nitrogen and oxygen atoms in total. The average molecular weight is 354 g/mol. The van der Waals surface area contributed by atoms with E-state index in [1.807, 2.05) is 0 Å². The number of ether oxygens (including phenoxy) is 1. The van der Waals surface area contributed by atoms with E-state index >= 15 is 0 Å². The summed E-state index contributed by atoms with van der Waals surface area (Å²) in [5, 5.41) is 15.7. The number of aromatic hydroxyl groups is 1. The van der Waals surface area contributed by atoms with Gasteiger partial charge in [-0.2, -0.15) is 0 Å². The lowest BCUT2D eigenvalue weighted by atomic mass is 10.0. The summed E-state index contributed by atoms with van der Waals surface area (Å²) >= 11 is 0. The lowest BCUT2D eigenvalue weighted by Crippen LogP contribution is -2.27. The summed E-state index contributed by atoms with van der Waals surface area (Å²) in [6, 6.07) is 12.7. The van der Waals surface area contributed by atoms with Gasteiger partial charge in [0, 0.05) is 25.1 Å². The number of nitrogens with one attached hydrogen (secondary N) is 2. The van der Waals surface area contributed by atoms with Crippen LogP contribution in [0.4, 0.5) is 0 Å². The van der Waals surface area contributed by atoms with E-state index in [1.54, 1.807) is 18.2 Å². The molecular weight excluding hydrogens is 328 g/mol. The number of carbonyl (C=O) groups is 1. The monoisotopic (exact) mass is 354 g/mol. The average Bonchev–Trinajstić information content (AvgIpc) is 2.90. The maximum Gasteiger partial charge on any atom is 0.251 e. The SMILES string of the molecule is CC1(C)Cc2cc(CNCCCNC(=O)c3cccc(O)c3)ccc2O1. The van der Waals surface area contributed by atoms with E-state index in [2.05, 4.69) is 42.7 Å². The first-order chi connectivity index (χ1) is 12.4. The lowest BCUT2D eigenvalue weighted by Gasteiger charge is -2.16. The fourth-order valence-corrected chi connectivity index (χ4v) is 3.17. The molecule has 0 aliphatic carbocycles. The number of phenolic OH excluding ortho intramolecular Hbond substituents is 1. The van der Waals surface area contributed by atoms with Gasteiger partial charge >= 0.3 is 0 Å². The minimum atomic E-state index is -0.165. The molecule has 0 bridgehead atoms. The highest BCUT2D eigenvalue weighted by Gasteiger charge is 2.29. The highest BCUT2D eigenvalue weighted by Crippen LogP contribution is 2.35. The zero-order valence-electron chi connectivity index (χ0n) is 15.3. The van der Waals surface area contributed by atoms with E-state index in [-0.39, 0.29) is 17.3 Å². The number of hydrogen-bond donors (Lipinski definition) is 3. The fourth-order valence-electron chi connectivity index (χ4n) is 3.17. The molecule has 1 amide bonds. The van der Waals surface area contributed by atoms with Gasteiger partial charge in [0.15, 0.2) is 0 Å². The van der Waals surface area contributed by atoms with E-state index in [0.717, 1.165) is 31.7 Å². The minimum Gasteiger partial charge on any atom is -0.508 e. The van der Waals surface area contributed by atoms with Crippen LogP contribution >= 0.6 is 0 Å². The van der Waals surface area contributed by atoms with Gasteiger partial charge in [-0.05, 0) is 62.2 Å². The molecule has 26 heavy (non-hydrogen) atoms. The molecule has 0 unspecified atom stereocenters. The Balaban J connectivity index is 1.36. The third-order valence-corrected chi connectivity index (χ3v) is 4.38. The Morgan fingerprint density at radius 1 is 1.19 bits per heavy atom. The van der Waals surface area contributed by atoms with Crippen molar-refractivity contribution in [1.82, 2.24) is 10.6 Å². The van der Waals surface area contributed by atoms with E-state index in [1.165, 1.54) is 17.2 Å². The van der Waals surface area contributed by atoms with Crippen molar-refractivity contribution in [2.45, 2.75) is 38.8 Å². The molecule has 3 N–H and O–H groups in total. The van der Waals surface area contributed by atoms with Gasteiger partial charge in [0.2, 0.25) is 0 Å². The molecule has 0 fully saturated rings. The van der Waals surface area contributed by atoms with Crippen molar-refractivity contribution < 1.29 is 14.6 Å². The lowest BCUT2D eigenvalue weighted by molar-refractivity contribution is 0.0952. The first-order valence-corrected chi connectivity index (χ1v) is 9.02. The second-order valence-corrected chi connectivity index (χ2v) is 7.32. The summed E-state index contributed by atoms with van der Waals surface area (Å²) in [4.78, 5) is 12.0. The number of benzene rings is 2. The maximum absolute atomic E-state index is 12.0. The second kappa shape index (κ2) is 7.79. The molecule has 3 rings (SSSR count). The Hall–Kier alpha value is -2.53. The van der Waals surface area contributed by atoms with Gasteiger partial charge in [-0.1, -0.05) is 18.2 Å². The van der Waals surface area contributed by atoms with Gasteiger partial charge in [-0.25, -0.2) is 0 Å². The number of carbonyl (C=O) groups excluding carboxylic acids is 1. The van der Waals surface area contributed by atoms with Gasteiger partial charge in [0.1, 0.15) is 17.1 Å². The quantitative estimate of drug-likeness (QED) is 0.669. The molecule has 2 aromatic rings. The van der Waals surface area contributed by atoms with Crippen LogP contribution in [0.1, 0.15) is 41.8 Å². The van der Waals surface area contributed by atoms with Crippen molar-refractivity contribution in [3.63, 3.8) is 0 Å². The van der Waals surface area contributed by atoms with Crippen LogP contribution in [0, 0.1) is 0 Å². The molecule has 1 aliphatic rings. The molecule has 0 spiro atoms. The fraction of sp³-hybridized carbons (Fsp3) is 0.381. The van der Waals surface area contributed by atoms with Crippen LogP contribution < -0.4 is 15.4 Å². The smallest absolute Gasteiger partial charge is 0.251 e. The van der Waals surface area contributed by atoms with Crippen molar-refractivity contribution in [2.75, 3.05) is 13.1 Å². The maximum atomic E-state index is 12.0. The molecule has 0 atom stereocenters. The standard InChI is InChI=1S/C21H26N2O3/c1-21(2)13-17-11-15(7-8-19(17)26-21)14-22-9-4-10-23-20(25)16-5-3-6-18(24)12-16/h3,5-8,11-12,22,24H,4,9-10,13-14H2,1-2H3,(H,23,25). The Kier molecular flexibility index (Phi) is 5.47. The minimum absolute atomic E-state index is 0.0995. The van der Waals surface area contributed by atoms with Crippen molar-refractivity contribution in [1.29, 1.82) is 0 Å². The molecule has 2 aromatic carbocycles. The molecule has 5 heteroatoms. The van der Waals surface area contributed by atoms with E-state index in [0.29, 0.717) is 12.1 Å². The van der Waals surface area contributed by atoms with Crippen molar-refractivity contribution in [3.8, 4) is 11.5 Å². The second-order valence-electron chi connectivity index (χ2n) is 7.32. The highest BCUT2D eigenvalue weighted by atomic mass is 16.5. The summed E-state index contributed by atoms with van der Waals surface area (Å²) in [5.41, 5.74) is 2.88. The normalized spacial score (nSPS) is 14.5. The van der Waals surface area contributed by atoms with Crippen molar-refractivity contribution >= 4 is 5.91 Å². The number of amides is 1. The third kappa shape index (κ3) is 4.76. The Morgan fingerprint density at radius 3 is 2.85 bits per heavy atom. The van der Waals surface area contributed by atoms with Crippen LogP contribution in [0.2, 0.25) is 0 Å². The number of phenols is 1. The largest absolute Gasteiger partial charge is 0.508 e. The first-order valence-electron chi connectivity index (χ1n) is 9.02. The summed E-state index contributed by atoms with van der Waals surface area (Å²) < 4.78 is 5.90. The number of hydrogen-bond acceptors (Lipinski definition) is 4. The number of rotatable bonds is 7. The summed E-state index contributed by atoms with van der Waals surface area (Å²) in [6.45, 7) is 6.42. The zero-order valence-corrected chi connectivity index (χ0v) is 15.3. The molecule has 1 aliphatic heterocycles.